The summed E-state index contributed by atoms with van der Waals surface area (Å²) in [5.41, 5.74) is 0.969. The summed E-state index contributed by atoms with van der Waals surface area (Å²) < 4.78 is 54.9. The molecule has 2 aromatic rings. The van der Waals surface area contributed by atoms with Crippen molar-refractivity contribution in [2.75, 3.05) is 26.2 Å². The molecule has 2 heterocycles. The van der Waals surface area contributed by atoms with E-state index in [1.807, 2.05) is 27.7 Å². The second-order valence-electron chi connectivity index (χ2n) is 8.00. The van der Waals surface area contributed by atoms with Crippen molar-refractivity contribution in [1.82, 2.24) is 19.0 Å². The van der Waals surface area contributed by atoms with Gasteiger partial charge in [-0.3, -0.25) is 9.48 Å². The third-order valence-corrected chi connectivity index (χ3v) is 6.82. The highest BCUT2D eigenvalue weighted by molar-refractivity contribution is 7.89. The fraction of sp³-hybridized carbons (Fsp3) is 0.474. The molecule has 1 amide bonds. The molecule has 1 fully saturated rings. The lowest BCUT2D eigenvalue weighted by Gasteiger charge is -2.34. The maximum atomic E-state index is 13.4. The third-order valence-electron chi connectivity index (χ3n) is 4.93. The second kappa shape index (κ2) is 7.49. The molecule has 1 aliphatic rings. The molecule has 158 valence electrons. The zero-order valence-corrected chi connectivity index (χ0v) is 17.6. The molecule has 1 aromatic heterocycles. The summed E-state index contributed by atoms with van der Waals surface area (Å²) in [5, 5.41) is 4.31. The average molecular weight is 426 g/mol. The van der Waals surface area contributed by atoms with Crippen LogP contribution in [0.25, 0.3) is 0 Å². The molecular weight excluding hydrogens is 402 g/mol. The molecule has 10 heteroatoms. The summed E-state index contributed by atoms with van der Waals surface area (Å²) in [7, 11) is -3.97. The largest absolute Gasteiger partial charge is 0.336 e. The van der Waals surface area contributed by atoms with E-state index in [0.29, 0.717) is 11.6 Å². The van der Waals surface area contributed by atoms with Crippen LogP contribution < -0.4 is 0 Å². The Kier molecular flexibility index (Phi) is 5.52. The van der Waals surface area contributed by atoms with Gasteiger partial charge in [0.15, 0.2) is 11.6 Å². The first-order valence-electron chi connectivity index (χ1n) is 9.22. The van der Waals surface area contributed by atoms with Gasteiger partial charge in [-0.15, -0.1) is 0 Å². The lowest BCUT2D eigenvalue weighted by Crippen LogP contribution is -2.50. The highest BCUT2D eigenvalue weighted by Crippen LogP contribution is 2.22. The van der Waals surface area contributed by atoms with Gasteiger partial charge in [0.1, 0.15) is 0 Å². The standard InChI is InChI=1S/C19H24F2N4O3S/c1-13-15(12-22-25(13)19(2,3)4)18(26)23-7-9-24(10-8-23)29(27,28)14-5-6-16(20)17(21)11-14/h5-6,11-12H,7-10H2,1-4H3. The minimum Gasteiger partial charge on any atom is -0.336 e. The molecule has 0 unspecified atom stereocenters. The number of carbonyl (C=O) groups is 1. The third kappa shape index (κ3) is 4.04. The van der Waals surface area contributed by atoms with Crippen LogP contribution in [-0.2, 0) is 15.6 Å². The van der Waals surface area contributed by atoms with Crippen LogP contribution in [0.1, 0.15) is 36.8 Å². The molecule has 3 rings (SSSR count). The molecule has 0 saturated carbocycles. The molecule has 0 N–H and O–H groups in total. The van der Waals surface area contributed by atoms with Crippen LogP contribution in [0.3, 0.4) is 0 Å². The number of sulfonamides is 1. The second-order valence-corrected chi connectivity index (χ2v) is 9.94. The van der Waals surface area contributed by atoms with Crippen LogP contribution >= 0.6 is 0 Å². The zero-order chi connectivity index (χ0) is 21.6. The molecule has 0 radical (unpaired) electrons. The van der Waals surface area contributed by atoms with Crippen molar-refractivity contribution in [3.05, 3.63) is 47.3 Å². The molecular formula is C19H24F2N4O3S. The average Bonchev–Trinajstić information content (AvgIpc) is 3.05. The van der Waals surface area contributed by atoms with E-state index in [-0.39, 0.29) is 42.5 Å². The van der Waals surface area contributed by atoms with Gasteiger partial charge in [0, 0.05) is 31.9 Å². The number of amides is 1. The first-order chi connectivity index (χ1) is 13.4. The van der Waals surface area contributed by atoms with Crippen LogP contribution in [0.5, 0.6) is 0 Å². The van der Waals surface area contributed by atoms with Gasteiger partial charge < -0.3 is 4.90 Å². The Morgan fingerprint density at radius 1 is 1.07 bits per heavy atom. The van der Waals surface area contributed by atoms with Crippen LogP contribution in [-0.4, -0.2) is 59.5 Å². The SMILES string of the molecule is Cc1c(C(=O)N2CCN(S(=O)(=O)c3ccc(F)c(F)c3)CC2)cnn1C(C)(C)C. The lowest BCUT2D eigenvalue weighted by molar-refractivity contribution is 0.0697. The van der Waals surface area contributed by atoms with E-state index in [9.17, 15) is 22.0 Å². The number of nitrogens with zero attached hydrogens (tertiary/aromatic N) is 4. The Bertz CT molecular complexity index is 1040. The maximum absolute atomic E-state index is 13.4. The van der Waals surface area contributed by atoms with E-state index in [2.05, 4.69) is 5.10 Å². The topological polar surface area (TPSA) is 75.5 Å². The Morgan fingerprint density at radius 3 is 2.21 bits per heavy atom. The predicted octanol–water partition coefficient (Wildman–Crippen LogP) is 2.37. The van der Waals surface area contributed by atoms with Crippen LogP contribution in [0, 0.1) is 18.6 Å². The number of rotatable bonds is 3. The molecule has 0 aliphatic carbocycles. The van der Waals surface area contributed by atoms with E-state index >= 15 is 0 Å². The van der Waals surface area contributed by atoms with Gasteiger partial charge in [-0.05, 0) is 45.9 Å². The number of benzene rings is 1. The number of halogens is 2. The maximum Gasteiger partial charge on any atom is 0.257 e. The molecule has 0 bridgehead atoms. The minimum atomic E-state index is -3.97. The van der Waals surface area contributed by atoms with Gasteiger partial charge in [0.2, 0.25) is 10.0 Å². The number of hydrogen-bond donors (Lipinski definition) is 0. The zero-order valence-electron chi connectivity index (χ0n) is 16.8. The predicted molar refractivity (Wildman–Crippen MR) is 103 cm³/mol. The molecule has 29 heavy (non-hydrogen) atoms. The molecule has 0 atom stereocenters. The monoisotopic (exact) mass is 426 g/mol. The van der Waals surface area contributed by atoms with Crippen LogP contribution in [0.15, 0.2) is 29.3 Å². The fourth-order valence-corrected chi connectivity index (χ4v) is 4.82. The van der Waals surface area contributed by atoms with Gasteiger partial charge in [-0.25, -0.2) is 17.2 Å². The normalized spacial score (nSPS) is 16.3. The molecule has 0 spiro atoms. The van der Waals surface area contributed by atoms with Crippen LogP contribution in [0.4, 0.5) is 8.78 Å². The Morgan fingerprint density at radius 2 is 1.69 bits per heavy atom. The van der Waals surface area contributed by atoms with Gasteiger partial charge in [-0.2, -0.15) is 9.40 Å². The van der Waals surface area contributed by atoms with Crippen molar-refractivity contribution in [3.63, 3.8) is 0 Å². The van der Waals surface area contributed by atoms with Gasteiger partial charge in [0.25, 0.3) is 5.91 Å². The smallest absolute Gasteiger partial charge is 0.257 e. The van der Waals surface area contributed by atoms with Crippen molar-refractivity contribution >= 4 is 15.9 Å². The van der Waals surface area contributed by atoms with E-state index in [1.165, 1.54) is 10.5 Å². The highest BCUT2D eigenvalue weighted by atomic mass is 32.2. The van der Waals surface area contributed by atoms with Crippen molar-refractivity contribution in [3.8, 4) is 0 Å². The Hall–Kier alpha value is -2.33. The fourth-order valence-electron chi connectivity index (χ4n) is 3.38. The number of hydrogen-bond acceptors (Lipinski definition) is 4. The van der Waals surface area contributed by atoms with Gasteiger partial charge >= 0.3 is 0 Å². The summed E-state index contributed by atoms with van der Waals surface area (Å²) in [4.78, 5) is 14.2. The highest BCUT2D eigenvalue weighted by Gasteiger charge is 2.32. The molecule has 1 aliphatic heterocycles. The van der Waals surface area contributed by atoms with Gasteiger partial charge in [-0.1, -0.05) is 0 Å². The van der Waals surface area contributed by atoms with Crippen molar-refractivity contribution in [2.45, 2.75) is 38.1 Å². The van der Waals surface area contributed by atoms with Crippen LogP contribution in [0.2, 0.25) is 0 Å². The number of aromatic nitrogens is 2. The van der Waals surface area contributed by atoms with E-state index in [1.54, 1.807) is 9.58 Å². The molecule has 7 nitrogen and oxygen atoms in total. The number of piperazine rings is 1. The minimum absolute atomic E-state index is 0.0690. The first-order valence-corrected chi connectivity index (χ1v) is 10.7. The van der Waals surface area contributed by atoms with E-state index in [4.69, 9.17) is 0 Å². The van der Waals surface area contributed by atoms with Crippen molar-refractivity contribution in [1.29, 1.82) is 0 Å². The summed E-state index contributed by atoms with van der Waals surface area (Å²) in [6.07, 6.45) is 1.54. The summed E-state index contributed by atoms with van der Waals surface area (Å²) in [5.74, 6) is -2.53. The Labute approximate surface area is 169 Å². The molecule has 1 saturated heterocycles. The van der Waals surface area contributed by atoms with E-state index in [0.717, 1.165) is 17.8 Å². The van der Waals surface area contributed by atoms with Crippen molar-refractivity contribution in [2.24, 2.45) is 0 Å². The van der Waals surface area contributed by atoms with Gasteiger partial charge in [0.05, 0.1) is 22.2 Å². The summed E-state index contributed by atoms with van der Waals surface area (Å²) in [6, 6.07) is 2.50. The number of carbonyl (C=O) groups excluding carboxylic acids is 1. The molecule has 1 aromatic carbocycles. The quantitative estimate of drug-likeness (QED) is 0.755. The van der Waals surface area contributed by atoms with E-state index < -0.39 is 21.7 Å². The summed E-state index contributed by atoms with van der Waals surface area (Å²) in [6.45, 7) is 8.33. The summed E-state index contributed by atoms with van der Waals surface area (Å²) >= 11 is 0. The Balaban J connectivity index is 1.73. The first kappa shape index (κ1) is 21.4. The van der Waals surface area contributed by atoms with Crippen molar-refractivity contribution < 1.29 is 22.0 Å². The lowest BCUT2D eigenvalue weighted by atomic mass is 10.1.